The fourth-order valence-electron chi connectivity index (χ4n) is 2.61. The number of carbonyl (C=O) groups excluding carboxylic acids is 2. The highest BCUT2D eigenvalue weighted by Gasteiger charge is 2.13. The summed E-state index contributed by atoms with van der Waals surface area (Å²) in [5, 5.41) is 0. The van der Waals surface area contributed by atoms with Crippen LogP contribution in [0.4, 0.5) is 0 Å². The molecular formula is C23H34O4. The Labute approximate surface area is 163 Å². The summed E-state index contributed by atoms with van der Waals surface area (Å²) in [6.07, 6.45) is 8.17. The lowest BCUT2D eigenvalue weighted by atomic mass is 10.0. The standard InChI is InChI=1S/C23H34O4/c1-5-6-7-15-26-22(24)20-12-9-13-21(17-20)23(25)27-16-14-19(4)11-8-10-18(2)3/h9-10,12-13,17,19H,5-8,11,14-16H2,1-4H3. The van der Waals surface area contributed by atoms with Gasteiger partial charge in [0, 0.05) is 0 Å². The minimum absolute atomic E-state index is 0.384. The number of allylic oxidation sites excluding steroid dienone is 2. The topological polar surface area (TPSA) is 52.6 Å². The van der Waals surface area contributed by atoms with Gasteiger partial charge in [-0.2, -0.15) is 0 Å². The molecule has 0 fully saturated rings. The summed E-state index contributed by atoms with van der Waals surface area (Å²) in [5.74, 6) is -0.293. The number of hydrogen-bond acceptors (Lipinski definition) is 4. The molecule has 4 nitrogen and oxygen atoms in total. The molecule has 0 spiro atoms. The van der Waals surface area contributed by atoms with E-state index in [-0.39, 0.29) is 0 Å². The highest BCUT2D eigenvalue weighted by molar-refractivity contribution is 5.95. The minimum atomic E-state index is -0.396. The van der Waals surface area contributed by atoms with Crippen LogP contribution in [0.25, 0.3) is 0 Å². The summed E-state index contributed by atoms with van der Waals surface area (Å²) in [6, 6.07) is 6.54. The Balaban J connectivity index is 2.42. The summed E-state index contributed by atoms with van der Waals surface area (Å²) in [7, 11) is 0. The van der Waals surface area contributed by atoms with Crippen LogP contribution in [0.3, 0.4) is 0 Å². The second-order valence-electron chi connectivity index (χ2n) is 7.31. The molecule has 0 aliphatic heterocycles. The molecule has 1 unspecified atom stereocenters. The van der Waals surface area contributed by atoms with Crippen molar-refractivity contribution in [2.24, 2.45) is 5.92 Å². The van der Waals surface area contributed by atoms with Gasteiger partial charge < -0.3 is 9.47 Å². The monoisotopic (exact) mass is 374 g/mol. The van der Waals surface area contributed by atoms with Crippen molar-refractivity contribution in [1.29, 1.82) is 0 Å². The molecule has 0 aliphatic carbocycles. The number of esters is 2. The maximum absolute atomic E-state index is 12.2. The lowest BCUT2D eigenvalue weighted by Gasteiger charge is -2.11. The predicted octanol–water partition coefficient (Wildman–Crippen LogP) is 5.96. The third-order valence-electron chi connectivity index (χ3n) is 4.37. The molecule has 0 saturated carbocycles. The van der Waals surface area contributed by atoms with Crippen LogP contribution in [0.2, 0.25) is 0 Å². The average molecular weight is 375 g/mol. The number of unbranched alkanes of at least 4 members (excludes halogenated alkanes) is 2. The van der Waals surface area contributed by atoms with Crippen LogP contribution in [-0.2, 0) is 9.47 Å². The maximum Gasteiger partial charge on any atom is 0.338 e. The molecule has 0 saturated heterocycles. The third kappa shape index (κ3) is 9.97. The molecular weight excluding hydrogens is 340 g/mol. The highest BCUT2D eigenvalue weighted by Crippen LogP contribution is 2.13. The molecule has 1 aromatic rings. The van der Waals surface area contributed by atoms with E-state index in [0.29, 0.717) is 30.3 Å². The van der Waals surface area contributed by atoms with Crippen LogP contribution in [0.5, 0.6) is 0 Å². The predicted molar refractivity (Wildman–Crippen MR) is 109 cm³/mol. The van der Waals surface area contributed by atoms with Gasteiger partial charge in [0.15, 0.2) is 0 Å². The quantitative estimate of drug-likeness (QED) is 0.257. The zero-order valence-electron chi connectivity index (χ0n) is 17.3. The molecule has 0 heterocycles. The van der Waals surface area contributed by atoms with Gasteiger partial charge in [-0.3, -0.25) is 0 Å². The van der Waals surface area contributed by atoms with Gasteiger partial charge in [-0.15, -0.1) is 0 Å². The van der Waals surface area contributed by atoms with Crippen molar-refractivity contribution in [2.45, 2.75) is 66.2 Å². The molecule has 1 rings (SSSR count). The first-order chi connectivity index (χ1) is 12.9. The van der Waals surface area contributed by atoms with Crippen LogP contribution >= 0.6 is 0 Å². The van der Waals surface area contributed by atoms with E-state index in [4.69, 9.17) is 9.47 Å². The van der Waals surface area contributed by atoms with Gasteiger partial charge >= 0.3 is 11.9 Å². The second kappa shape index (κ2) is 13.1. The normalized spacial score (nSPS) is 11.6. The van der Waals surface area contributed by atoms with E-state index >= 15 is 0 Å². The molecule has 0 aliphatic rings. The van der Waals surface area contributed by atoms with Crippen molar-refractivity contribution in [3.05, 3.63) is 47.0 Å². The summed E-state index contributed by atoms with van der Waals surface area (Å²) in [6.45, 7) is 9.26. The van der Waals surface area contributed by atoms with E-state index in [0.717, 1.165) is 38.5 Å². The fourth-order valence-corrected chi connectivity index (χ4v) is 2.61. The van der Waals surface area contributed by atoms with Crippen molar-refractivity contribution >= 4 is 11.9 Å². The molecule has 0 N–H and O–H groups in total. The van der Waals surface area contributed by atoms with Crippen molar-refractivity contribution < 1.29 is 19.1 Å². The van der Waals surface area contributed by atoms with E-state index in [1.54, 1.807) is 24.3 Å². The Hall–Kier alpha value is -2.10. The molecule has 0 radical (unpaired) electrons. The minimum Gasteiger partial charge on any atom is -0.462 e. The molecule has 4 heteroatoms. The molecule has 1 aromatic carbocycles. The van der Waals surface area contributed by atoms with E-state index in [2.05, 4.69) is 33.8 Å². The highest BCUT2D eigenvalue weighted by atomic mass is 16.5. The van der Waals surface area contributed by atoms with Gasteiger partial charge in [-0.05, 0) is 63.6 Å². The number of benzene rings is 1. The number of rotatable bonds is 12. The smallest absolute Gasteiger partial charge is 0.338 e. The summed E-state index contributed by atoms with van der Waals surface area (Å²) >= 11 is 0. The Bertz CT molecular complexity index is 615. The third-order valence-corrected chi connectivity index (χ3v) is 4.37. The first-order valence-electron chi connectivity index (χ1n) is 10.0. The zero-order chi connectivity index (χ0) is 20.1. The fraction of sp³-hybridized carbons (Fsp3) is 0.565. The van der Waals surface area contributed by atoms with E-state index in [1.165, 1.54) is 5.57 Å². The van der Waals surface area contributed by atoms with Gasteiger partial charge in [-0.25, -0.2) is 9.59 Å². The Morgan fingerprint density at radius 2 is 1.63 bits per heavy atom. The van der Waals surface area contributed by atoms with Crippen LogP contribution in [0.15, 0.2) is 35.9 Å². The molecule has 0 aromatic heterocycles. The summed E-state index contributed by atoms with van der Waals surface area (Å²) < 4.78 is 10.6. The van der Waals surface area contributed by atoms with Crippen LogP contribution in [0, 0.1) is 5.92 Å². The molecule has 27 heavy (non-hydrogen) atoms. The van der Waals surface area contributed by atoms with Crippen LogP contribution in [0.1, 0.15) is 86.9 Å². The number of carbonyl (C=O) groups is 2. The first kappa shape index (κ1) is 22.9. The number of ether oxygens (including phenoxy) is 2. The maximum atomic E-state index is 12.2. The van der Waals surface area contributed by atoms with E-state index in [1.807, 2.05) is 0 Å². The van der Waals surface area contributed by atoms with Crippen molar-refractivity contribution in [3.63, 3.8) is 0 Å². The Morgan fingerprint density at radius 3 is 2.22 bits per heavy atom. The van der Waals surface area contributed by atoms with Crippen molar-refractivity contribution in [3.8, 4) is 0 Å². The van der Waals surface area contributed by atoms with E-state index < -0.39 is 11.9 Å². The van der Waals surface area contributed by atoms with Gasteiger partial charge in [-0.1, -0.05) is 44.4 Å². The van der Waals surface area contributed by atoms with Gasteiger partial charge in [0.1, 0.15) is 0 Å². The lowest BCUT2D eigenvalue weighted by molar-refractivity contribution is 0.0484. The van der Waals surface area contributed by atoms with E-state index in [9.17, 15) is 9.59 Å². The van der Waals surface area contributed by atoms with Gasteiger partial charge in [0.25, 0.3) is 0 Å². The molecule has 150 valence electrons. The molecule has 0 bridgehead atoms. The SMILES string of the molecule is CCCCCOC(=O)c1cccc(C(=O)OCCC(C)CCC=C(C)C)c1. The van der Waals surface area contributed by atoms with Gasteiger partial charge in [0.05, 0.1) is 24.3 Å². The van der Waals surface area contributed by atoms with Crippen molar-refractivity contribution in [2.75, 3.05) is 13.2 Å². The first-order valence-corrected chi connectivity index (χ1v) is 10.0. The summed E-state index contributed by atoms with van der Waals surface area (Å²) in [4.78, 5) is 24.3. The second-order valence-corrected chi connectivity index (χ2v) is 7.31. The van der Waals surface area contributed by atoms with Crippen LogP contribution in [-0.4, -0.2) is 25.2 Å². The van der Waals surface area contributed by atoms with Gasteiger partial charge in [0.2, 0.25) is 0 Å². The molecule has 0 amide bonds. The summed E-state index contributed by atoms with van der Waals surface area (Å²) in [5.41, 5.74) is 2.10. The Morgan fingerprint density at radius 1 is 1.00 bits per heavy atom. The van der Waals surface area contributed by atoms with Crippen molar-refractivity contribution in [1.82, 2.24) is 0 Å². The largest absolute Gasteiger partial charge is 0.462 e. The zero-order valence-corrected chi connectivity index (χ0v) is 17.3. The Kier molecular flexibility index (Phi) is 11.2. The number of hydrogen-bond donors (Lipinski definition) is 0. The average Bonchev–Trinajstić information content (AvgIpc) is 2.64. The molecule has 1 atom stereocenters. The lowest BCUT2D eigenvalue weighted by Crippen LogP contribution is -2.11. The van der Waals surface area contributed by atoms with Crippen LogP contribution < -0.4 is 0 Å².